The lowest BCUT2D eigenvalue weighted by Crippen LogP contribution is -2.32. The van der Waals surface area contributed by atoms with Crippen LogP contribution < -0.4 is 10.0 Å². The maximum atomic E-state index is 11.8. The molecule has 19 heavy (non-hydrogen) atoms. The quantitative estimate of drug-likeness (QED) is 0.415. The van der Waals surface area contributed by atoms with Gasteiger partial charge in [0.25, 0.3) is 0 Å². The van der Waals surface area contributed by atoms with E-state index in [9.17, 15) is 18.5 Å². The van der Waals surface area contributed by atoms with E-state index in [0.29, 0.717) is 12.6 Å². The van der Waals surface area contributed by atoms with Crippen molar-refractivity contribution in [2.75, 3.05) is 13.1 Å². The number of rotatable bonds is 7. The number of hydrogen-bond donors (Lipinski definition) is 2. The van der Waals surface area contributed by atoms with E-state index in [4.69, 9.17) is 0 Å². The molecular formula is C10H14N4O4S. The van der Waals surface area contributed by atoms with E-state index in [0.717, 1.165) is 25.1 Å². The van der Waals surface area contributed by atoms with Gasteiger partial charge in [-0.25, -0.2) is 13.1 Å². The van der Waals surface area contributed by atoms with Crippen molar-refractivity contribution in [1.29, 1.82) is 0 Å². The van der Waals surface area contributed by atoms with Crippen molar-refractivity contribution >= 4 is 15.8 Å². The summed E-state index contributed by atoms with van der Waals surface area (Å²) in [4.78, 5) is 13.1. The molecular weight excluding hydrogens is 272 g/mol. The fourth-order valence-corrected chi connectivity index (χ4v) is 2.45. The molecule has 0 aromatic carbocycles. The first-order valence-electron chi connectivity index (χ1n) is 5.82. The fraction of sp³-hybridized carbons (Fsp3) is 0.500. The van der Waals surface area contributed by atoms with Crippen molar-refractivity contribution < 1.29 is 13.3 Å². The Morgan fingerprint density at radius 1 is 1.37 bits per heavy atom. The van der Waals surface area contributed by atoms with Crippen LogP contribution in [0, 0.1) is 10.1 Å². The Labute approximate surface area is 110 Å². The van der Waals surface area contributed by atoms with Gasteiger partial charge in [-0.15, -0.1) is 0 Å². The van der Waals surface area contributed by atoms with Crippen LogP contribution >= 0.6 is 0 Å². The predicted octanol–water partition coefficient (Wildman–Crippen LogP) is 0.0201. The Hall–Kier alpha value is -1.58. The highest BCUT2D eigenvalue weighted by molar-refractivity contribution is 7.89. The molecule has 1 aromatic heterocycles. The Balaban J connectivity index is 1.91. The second-order valence-corrected chi connectivity index (χ2v) is 6.00. The number of nitrogens with one attached hydrogen (secondary N) is 2. The molecule has 1 fully saturated rings. The Kier molecular flexibility index (Phi) is 4.08. The normalized spacial score (nSPS) is 15.4. The summed E-state index contributed by atoms with van der Waals surface area (Å²) in [6, 6.07) is 2.75. The molecule has 2 N–H and O–H groups in total. The molecule has 0 aliphatic heterocycles. The van der Waals surface area contributed by atoms with Crippen LogP contribution in [0.15, 0.2) is 23.2 Å². The first kappa shape index (κ1) is 13.8. The minimum atomic E-state index is -3.66. The van der Waals surface area contributed by atoms with Crippen LogP contribution in [0.25, 0.3) is 0 Å². The summed E-state index contributed by atoms with van der Waals surface area (Å²) >= 11 is 0. The lowest BCUT2D eigenvalue weighted by atomic mass is 10.5. The van der Waals surface area contributed by atoms with Crippen LogP contribution in [0.4, 0.5) is 5.82 Å². The molecule has 8 nitrogen and oxygen atoms in total. The van der Waals surface area contributed by atoms with E-state index in [2.05, 4.69) is 15.0 Å². The summed E-state index contributed by atoms with van der Waals surface area (Å²) in [5.74, 6) is -0.380. The summed E-state index contributed by atoms with van der Waals surface area (Å²) in [5, 5.41) is 13.6. The number of nitro groups is 1. The van der Waals surface area contributed by atoms with Gasteiger partial charge in [0, 0.05) is 25.2 Å². The number of hydrogen-bond acceptors (Lipinski definition) is 6. The molecule has 1 aliphatic carbocycles. The SMILES string of the molecule is O=[N+]([O-])c1ccc(S(=O)(=O)NCCNC2CC2)cn1. The van der Waals surface area contributed by atoms with Crippen molar-refractivity contribution in [3.63, 3.8) is 0 Å². The first-order chi connectivity index (χ1) is 8.99. The van der Waals surface area contributed by atoms with E-state index in [1.54, 1.807) is 0 Å². The van der Waals surface area contributed by atoms with Gasteiger partial charge in [0.05, 0.1) is 0 Å². The highest BCUT2D eigenvalue weighted by atomic mass is 32.2. The zero-order valence-corrected chi connectivity index (χ0v) is 10.9. The van der Waals surface area contributed by atoms with Crippen molar-refractivity contribution in [3.8, 4) is 0 Å². The first-order valence-corrected chi connectivity index (χ1v) is 7.31. The third kappa shape index (κ3) is 3.94. The second-order valence-electron chi connectivity index (χ2n) is 4.24. The van der Waals surface area contributed by atoms with Crippen LogP contribution in [0.3, 0.4) is 0 Å². The van der Waals surface area contributed by atoms with E-state index in [-0.39, 0.29) is 17.3 Å². The van der Waals surface area contributed by atoms with Crippen LogP contribution in [0.1, 0.15) is 12.8 Å². The molecule has 1 heterocycles. The van der Waals surface area contributed by atoms with Gasteiger partial charge in [0.2, 0.25) is 10.0 Å². The summed E-state index contributed by atoms with van der Waals surface area (Å²) in [6.07, 6.45) is 3.26. The van der Waals surface area contributed by atoms with Crippen LogP contribution in [-0.4, -0.2) is 37.5 Å². The lowest BCUT2D eigenvalue weighted by molar-refractivity contribution is -0.389. The third-order valence-electron chi connectivity index (χ3n) is 2.65. The summed E-state index contributed by atoms with van der Waals surface area (Å²) in [7, 11) is -3.66. The zero-order valence-electron chi connectivity index (χ0n) is 10.1. The number of pyridine rings is 1. The molecule has 9 heteroatoms. The van der Waals surface area contributed by atoms with Crippen molar-refractivity contribution in [2.24, 2.45) is 0 Å². The predicted molar refractivity (Wildman–Crippen MR) is 67.1 cm³/mol. The summed E-state index contributed by atoms with van der Waals surface area (Å²) < 4.78 is 26.1. The third-order valence-corrected chi connectivity index (χ3v) is 4.09. The lowest BCUT2D eigenvalue weighted by Gasteiger charge is -2.06. The molecule has 0 saturated heterocycles. The van der Waals surface area contributed by atoms with E-state index in [1.165, 1.54) is 6.07 Å². The van der Waals surface area contributed by atoms with Gasteiger partial charge in [-0.05, 0) is 28.8 Å². The Bertz CT molecular complexity index is 553. The number of aromatic nitrogens is 1. The maximum absolute atomic E-state index is 11.8. The summed E-state index contributed by atoms with van der Waals surface area (Å²) in [5.41, 5.74) is 0. The average Bonchev–Trinajstić information content (AvgIpc) is 3.19. The molecule has 0 bridgehead atoms. The Morgan fingerprint density at radius 2 is 2.11 bits per heavy atom. The van der Waals surface area contributed by atoms with Crippen LogP contribution in [-0.2, 0) is 10.0 Å². The standard InChI is InChI=1S/C10H14N4O4S/c15-14(16)10-4-3-9(7-12-10)19(17,18)13-6-5-11-8-1-2-8/h3-4,7-8,11,13H,1-2,5-6H2. The summed E-state index contributed by atoms with van der Waals surface area (Å²) in [6.45, 7) is 0.833. The van der Waals surface area contributed by atoms with E-state index < -0.39 is 14.9 Å². The van der Waals surface area contributed by atoms with Crippen molar-refractivity contribution in [1.82, 2.24) is 15.0 Å². The molecule has 0 amide bonds. The highest BCUT2D eigenvalue weighted by Gasteiger charge is 2.21. The minimum absolute atomic E-state index is 0.0791. The van der Waals surface area contributed by atoms with Gasteiger partial charge in [-0.3, -0.25) is 0 Å². The van der Waals surface area contributed by atoms with Gasteiger partial charge >= 0.3 is 5.82 Å². The highest BCUT2D eigenvalue weighted by Crippen LogP contribution is 2.18. The maximum Gasteiger partial charge on any atom is 0.363 e. The smallest absolute Gasteiger partial charge is 0.358 e. The number of nitrogens with zero attached hydrogens (tertiary/aromatic N) is 2. The molecule has 1 aromatic rings. The van der Waals surface area contributed by atoms with Crippen LogP contribution in [0.5, 0.6) is 0 Å². The number of sulfonamides is 1. The van der Waals surface area contributed by atoms with Gasteiger partial charge < -0.3 is 15.4 Å². The van der Waals surface area contributed by atoms with Crippen molar-refractivity contribution in [2.45, 2.75) is 23.8 Å². The average molecular weight is 286 g/mol. The monoisotopic (exact) mass is 286 g/mol. The van der Waals surface area contributed by atoms with Crippen LogP contribution in [0.2, 0.25) is 0 Å². The fourth-order valence-electron chi connectivity index (χ4n) is 1.47. The largest absolute Gasteiger partial charge is 0.363 e. The minimum Gasteiger partial charge on any atom is -0.358 e. The zero-order chi connectivity index (χ0) is 13.9. The second kappa shape index (κ2) is 5.59. The van der Waals surface area contributed by atoms with Gasteiger partial charge in [-0.2, -0.15) is 0 Å². The molecule has 0 spiro atoms. The topological polar surface area (TPSA) is 114 Å². The van der Waals surface area contributed by atoms with Gasteiger partial charge in [0.1, 0.15) is 4.90 Å². The molecule has 2 rings (SSSR count). The van der Waals surface area contributed by atoms with E-state index in [1.807, 2.05) is 0 Å². The molecule has 0 atom stereocenters. The molecule has 1 aliphatic rings. The molecule has 104 valence electrons. The van der Waals surface area contributed by atoms with Crippen molar-refractivity contribution in [3.05, 3.63) is 28.4 Å². The van der Waals surface area contributed by atoms with E-state index >= 15 is 0 Å². The van der Waals surface area contributed by atoms with Gasteiger partial charge in [0.15, 0.2) is 6.20 Å². The van der Waals surface area contributed by atoms with Gasteiger partial charge in [-0.1, -0.05) is 0 Å². The molecule has 0 unspecified atom stereocenters. The molecule has 0 radical (unpaired) electrons. The molecule has 1 saturated carbocycles. The Morgan fingerprint density at radius 3 is 2.63 bits per heavy atom.